The summed E-state index contributed by atoms with van der Waals surface area (Å²) in [6.45, 7) is 7.25. The molecule has 5 heterocycles. The van der Waals surface area contributed by atoms with E-state index in [1.54, 1.807) is 13.1 Å². The minimum atomic E-state index is -0.130. The molecule has 7 nitrogen and oxygen atoms in total. The van der Waals surface area contributed by atoms with Crippen LogP contribution in [0.2, 0.25) is 0 Å². The van der Waals surface area contributed by atoms with E-state index in [-0.39, 0.29) is 5.56 Å². The number of rotatable bonds is 2. The molecule has 0 N–H and O–H groups in total. The van der Waals surface area contributed by atoms with Gasteiger partial charge in [-0.3, -0.25) is 14.8 Å². The van der Waals surface area contributed by atoms with Crippen LogP contribution in [0.5, 0.6) is 0 Å². The highest BCUT2D eigenvalue weighted by molar-refractivity contribution is 5.63. The van der Waals surface area contributed by atoms with Gasteiger partial charge in [-0.25, -0.2) is 4.98 Å². The maximum atomic E-state index is 12.5. The average molecular weight is 398 g/mol. The van der Waals surface area contributed by atoms with E-state index in [0.717, 1.165) is 46.9 Å². The lowest BCUT2D eigenvalue weighted by atomic mass is 10.0. The number of aromatic nitrogens is 5. The third kappa shape index (κ3) is 3.12. The van der Waals surface area contributed by atoms with E-state index in [2.05, 4.69) is 32.1 Å². The predicted octanol–water partition coefficient (Wildman–Crippen LogP) is 3.03. The largest absolute Gasteiger partial charge is 0.350 e. The van der Waals surface area contributed by atoms with Gasteiger partial charge in [0.25, 0.3) is 5.56 Å². The molecular weight excluding hydrogens is 376 g/mol. The molecule has 150 valence electrons. The van der Waals surface area contributed by atoms with Gasteiger partial charge in [-0.2, -0.15) is 4.52 Å². The monoisotopic (exact) mass is 398 g/mol. The van der Waals surface area contributed by atoms with Crippen LogP contribution in [-0.2, 0) is 13.0 Å². The second-order valence-electron chi connectivity index (χ2n) is 7.86. The van der Waals surface area contributed by atoms with Crippen LogP contribution in [0.3, 0.4) is 0 Å². The number of nitrogens with zero attached hydrogens (tertiary/aromatic N) is 6. The fourth-order valence-electron chi connectivity index (χ4n) is 3.89. The van der Waals surface area contributed by atoms with Crippen LogP contribution in [0, 0.1) is 20.8 Å². The maximum Gasteiger partial charge on any atom is 0.277 e. The molecule has 4 aromatic heterocycles. The van der Waals surface area contributed by atoms with E-state index in [1.807, 2.05) is 38.4 Å². The first kappa shape index (κ1) is 18.4. The molecule has 1 aliphatic heterocycles. The molecule has 0 fully saturated rings. The van der Waals surface area contributed by atoms with Gasteiger partial charge in [-0.1, -0.05) is 6.07 Å². The van der Waals surface area contributed by atoms with Crippen LogP contribution in [0.4, 0.5) is 5.82 Å². The molecular formula is C23H22N6O. The first-order valence-corrected chi connectivity index (χ1v) is 10.0. The standard InChI is InChI=1S/C23H22N6O/c1-14-8-21-26-10-15(2)23(30)29(21)27-22(14)28-7-6-20-19(13-28)9-18(12-25-20)17-5-4-16(3)24-11-17/h4-5,8-12H,6-7,13H2,1-3H3. The summed E-state index contributed by atoms with van der Waals surface area (Å²) >= 11 is 0. The lowest BCUT2D eigenvalue weighted by molar-refractivity contribution is 0.685. The van der Waals surface area contributed by atoms with Gasteiger partial charge in [-0.15, -0.1) is 5.10 Å². The minimum absolute atomic E-state index is 0.130. The maximum absolute atomic E-state index is 12.5. The number of hydrogen-bond donors (Lipinski definition) is 0. The lowest BCUT2D eigenvalue weighted by Gasteiger charge is -2.30. The molecule has 1 aliphatic rings. The van der Waals surface area contributed by atoms with Crippen LogP contribution in [0.1, 0.15) is 28.1 Å². The van der Waals surface area contributed by atoms with Crippen molar-refractivity contribution in [2.45, 2.75) is 33.7 Å². The Morgan fingerprint density at radius 3 is 2.53 bits per heavy atom. The summed E-state index contributed by atoms with van der Waals surface area (Å²) in [7, 11) is 0. The first-order chi connectivity index (χ1) is 14.5. The number of pyridine rings is 2. The summed E-state index contributed by atoms with van der Waals surface area (Å²) in [5.74, 6) is 0.810. The third-order valence-electron chi connectivity index (χ3n) is 5.61. The second kappa shape index (κ2) is 7.02. The highest BCUT2D eigenvalue weighted by Gasteiger charge is 2.21. The number of anilines is 1. The first-order valence-electron chi connectivity index (χ1n) is 10.0. The van der Waals surface area contributed by atoms with Crippen molar-refractivity contribution < 1.29 is 0 Å². The summed E-state index contributed by atoms with van der Waals surface area (Å²) in [5.41, 5.74) is 7.42. The molecule has 0 saturated heterocycles. The van der Waals surface area contributed by atoms with Crippen molar-refractivity contribution >= 4 is 11.5 Å². The average Bonchev–Trinajstić information content (AvgIpc) is 2.76. The lowest BCUT2D eigenvalue weighted by Crippen LogP contribution is -2.33. The van der Waals surface area contributed by atoms with E-state index in [4.69, 9.17) is 4.98 Å². The minimum Gasteiger partial charge on any atom is -0.350 e. The van der Waals surface area contributed by atoms with Crippen LogP contribution >= 0.6 is 0 Å². The highest BCUT2D eigenvalue weighted by Crippen LogP contribution is 2.28. The summed E-state index contributed by atoms with van der Waals surface area (Å²) in [6.07, 6.45) is 6.25. The Hall–Kier alpha value is -3.61. The van der Waals surface area contributed by atoms with Crippen molar-refractivity contribution in [3.05, 3.63) is 81.3 Å². The van der Waals surface area contributed by atoms with Gasteiger partial charge in [0.2, 0.25) is 0 Å². The molecule has 0 atom stereocenters. The fraction of sp³-hybridized carbons (Fsp3) is 0.261. The Morgan fingerprint density at radius 1 is 0.900 bits per heavy atom. The van der Waals surface area contributed by atoms with E-state index >= 15 is 0 Å². The molecule has 0 amide bonds. The van der Waals surface area contributed by atoms with E-state index in [9.17, 15) is 4.79 Å². The molecule has 4 aromatic rings. The summed E-state index contributed by atoms with van der Waals surface area (Å²) < 4.78 is 1.40. The SMILES string of the molecule is Cc1ccc(-c2cnc3c(c2)CN(c2nn4c(=O)c(C)cnc4cc2C)CC3)cn1. The van der Waals surface area contributed by atoms with Crippen LogP contribution < -0.4 is 10.5 Å². The van der Waals surface area contributed by atoms with E-state index in [1.165, 1.54) is 10.1 Å². The Bertz CT molecular complexity index is 1330. The summed E-state index contributed by atoms with van der Waals surface area (Å²) in [5, 5.41) is 4.66. The van der Waals surface area contributed by atoms with Crippen molar-refractivity contribution in [2.24, 2.45) is 0 Å². The van der Waals surface area contributed by atoms with Gasteiger partial charge >= 0.3 is 0 Å². The van der Waals surface area contributed by atoms with Crippen LogP contribution in [0.15, 0.2) is 47.7 Å². The smallest absolute Gasteiger partial charge is 0.277 e. The van der Waals surface area contributed by atoms with Crippen molar-refractivity contribution in [2.75, 3.05) is 11.4 Å². The fourth-order valence-corrected chi connectivity index (χ4v) is 3.89. The number of hydrogen-bond acceptors (Lipinski definition) is 6. The van der Waals surface area contributed by atoms with Crippen LogP contribution in [-0.4, -0.2) is 31.1 Å². The topological polar surface area (TPSA) is 76.3 Å². The zero-order chi connectivity index (χ0) is 20.8. The Kier molecular flexibility index (Phi) is 4.31. The third-order valence-corrected chi connectivity index (χ3v) is 5.61. The van der Waals surface area contributed by atoms with Crippen molar-refractivity contribution in [3.8, 4) is 11.1 Å². The Morgan fingerprint density at radius 2 is 1.73 bits per heavy atom. The van der Waals surface area contributed by atoms with Crippen molar-refractivity contribution in [1.82, 2.24) is 24.6 Å². The Labute approximate surface area is 174 Å². The molecule has 0 radical (unpaired) electrons. The van der Waals surface area contributed by atoms with Gasteiger partial charge in [0, 0.05) is 66.2 Å². The quantitative estimate of drug-likeness (QED) is 0.517. The molecule has 0 aromatic carbocycles. The molecule has 30 heavy (non-hydrogen) atoms. The second-order valence-corrected chi connectivity index (χ2v) is 7.86. The molecule has 0 unspecified atom stereocenters. The van der Waals surface area contributed by atoms with Gasteiger partial charge < -0.3 is 4.90 Å². The molecule has 7 heteroatoms. The predicted molar refractivity (Wildman–Crippen MR) is 116 cm³/mol. The summed E-state index contributed by atoms with van der Waals surface area (Å²) in [6, 6.07) is 8.20. The van der Waals surface area contributed by atoms with Crippen molar-refractivity contribution in [1.29, 1.82) is 0 Å². The number of aryl methyl sites for hydroxylation is 3. The molecule has 0 spiro atoms. The highest BCUT2D eigenvalue weighted by atomic mass is 16.1. The number of fused-ring (bicyclic) bond motifs is 2. The van der Waals surface area contributed by atoms with Gasteiger partial charge in [0.05, 0.1) is 0 Å². The summed E-state index contributed by atoms with van der Waals surface area (Å²) in [4.78, 5) is 28.2. The van der Waals surface area contributed by atoms with E-state index < -0.39 is 0 Å². The van der Waals surface area contributed by atoms with Crippen molar-refractivity contribution in [3.63, 3.8) is 0 Å². The molecule has 0 saturated carbocycles. The van der Waals surface area contributed by atoms with Gasteiger partial charge in [0.15, 0.2) is 11.5 Å². The van der Waals surface area contributed by atoms with E-state index in [0.29, 0.717) is 17.8 Å². The van der Waals surface area contributed by atoms with Gasteiger partial charge in [-0.05, 0) is 50.1 Å². The molecule has 5 rings (SSSR count). The molecule has 0 bridgehead atoms. The zero-order valence-corrected chi connectivity index (χ0v) is 17.3. The molecule has 0 aliphatic carbocycles. The van der Waals surface area contributed by atoms with Gasteiger partial charge in [0.1, 0.15) is 0 Å². The van der Waals surface area contributed by atoms with Crippen LogP contribution in [0.25, 0.3) is 16.8 Å². The normalized spacial score (nSPS) is 13.5. The zero-order valence-electron chi connectivity index (χ0n) is 17.3. The Balaban J connectivity index is 1.53.